The molecule has 4 aromatic carbocycles. The first-order valence-corrected chi connectivity index (χ1v) is 11.9. The Morgan fingerprint density at radius 1 is 0.500 bits per heavy atom. The van der Waals surface area contributed by atoms with Gasteiger partial charge in [0.15, 0.2) is 0 Å². The highest BCUT2D eigenvalue weighted by Gasteiger charge is 2.09. The molecule has 0 aliphatic rings. The van der Waals surface area contributed by atoms with Crippen molar-refractivity contribution in [3.63, 3.8) is 0 Å². The summed E-state index contributed by atoms with van der Waals surface area (Å²) in [7, 11) is 0. The maximum absolute atomic E-state index is 2.36. The van der Waals surface area contributed by atoms with E-state index in [-0.39, 0.29) is 0 Å². The molecular weight excluding hydrogens is 412 g/mol. The SMILES string of the molecule is Cc1ccccc1Cn1ccc2ccc(-c3ccc4ccn(Cc5ccccc5C)c4c3)cc21. The van der Waals surface area contributed by atoms with Gasteiger partial charge in [0.2, 0.25) is 0 Å². The second-order valence-corrected chi connectivity index (χ2v) is 9.29. The molecular formula is C32H28N2. The third-order valence-electron chi connectivity index (χ3n) is 7.09. The minimum absolute atomic E-state index is 0.887. The molecule has 6 rings (SSSR count). The molecule has 6 aromatic rings. The lowest BCUT2D eigenvalue weighted by Crippen LogP contribution is -2.00. The zero-order valence-electron chi connectivity index (χ0n) is 19.7. The first kappa shape index (κ1) is 20.6. The molecule has 2 nitrogen and oxygen atoms in total. The molecule has 0 saturated heterocycles. The van der Waals surface area contributed by atoms with Crippen LogP contribution in [-0.4, -0.2) is 9.13 Å². The molecule has 0 aliphatic heterocycles. The Balaban J connectivity index is 1.38. The summed E-state index contributed by atoms with van der Waals surface area (Å²) < 4.78 is 4.72. The highest BCUT2D eigenvalue weighted by molar-refractivity contribution is 5.89. The maximum Gasteiger partial charge on any atom is 0.0489 e. The van der Waals surface area contributed by atoms with Gasteiger partial charge >= 0.3 is 0 Å². The topological polar surface area (TPSA) is 9.86 Å². The van der Waals surface area contributed by atoms with Crippen molar-refractivity contribution in [2.45, 2.75) is 26.9 Å². The van der Waals surface area contributed by atoms with Crippen LogP contribution < -0.4 is 0 Å². The number of aromatic nitrogens is 2. The fourth-order valence-electron chi connectivity index (χ4n) is 4.94. The van der Waals surface area contributed by atoms with E-state index in [1.165, 1.54) is 55.2 Å². The fourth-order valence-corrected chi connectivity index (χ4v) is 4.94. The van der Waals surface area contributed by atoms with E-state index in [1.54, 1.807) is 0 Å². The first-order chi connectivity index (χ1) is 16.7. The van der Waals surface area contributed by atoms with E-state index in [0.29, 0.717) is 0 Å². The van der Waals surface area contributed by atoms with Crippen molar-refractivity contribution in [2.24, 2.45) is 0 Å². The molecule has 0 bridgehead atoms. The molecule has 0 saturated carbocycles. The van der Waals surface area contributed by atoms with Crippen LogP contribution in [0.5, 0.6) is 0 Å². The van der Waals surface area contributed by atoms with Crippen LogP contribution in [0.3, 0.4) is 0 Å². The van der Waals surface area contributed by atoms with Gasteiger partial charge in [0.1, 0.15) is 0 Å². The van der Waals surface area contributed by atoms with Gasteiger partial charge in [-0.3, -0.25) is 0 Å². The quantitative estimate of drug-likeness (QED) is 0.257. The molecule has 2 heterocycles. The van der Waals surface area contributed by atoms with Crippen LogP contribution in [0.25, 0.3) is 32.9 Å². The lowest BCUT2D eigenvalue weighted by Gasteiger charge is -2.11. The third-order valence-corrected chi connectivity index (χ3v) is 7.09. The molecule has 2 heteroatoms. The predicted octanol–water partition coefficient (Wildman–Crippen LogP) is 7.98. The predicted molar refractivity (Wildman–Crippen MR) is 143 cm³/mol. The lowest BCUT2D eigenvalue weighted by molar-refractivity contribution is 0.830. The highest BCUT2D eigenvalue weighted by atomic mass is 15.0. The molecule has 34 heavy (non-hydrogen) atoms. The largest absolute Gasteiger partial charge is 0.343 e. The Bertz CT molecular complexity index is 1510. The Hall–Kier alpha value is -4.04. The Labute approximate surface area is 200 Å². The zero-order valence-corrected chi connectivity index (χ0v) is 19.7. The normalized spacial score (nSPS) is 11.5. The Kier molecular flexibility index (Phi) is 5.07. The number of aryl methyl sites for hydroxylation is 2. The van der Waals surface area contributed by atoms with Crippen LogP contribution in [0.1, 0.15) is 22.3 Å². The average molecular weight is 441 g/mol. The van der Waals surface area contributed by atoms with Crippen LogP contribution in [0, 0.1) is 13.8 Å². The summed E-state index contributed by atoms with van der Waals surface area (Å²) in [6, 6.07) is 35.4. The smallest absolute Gasteiger partial charge is 0.0489 e. The van der Waals surface area contributed by atoms with Crippen molar-refractivity contribution in [3.05, 3.63) is 132 Å². The average Bonchev–Trinajstić information content (AvgIpc) is 3.45. The van der Waals surface area contributed by atoms with Crippen LogP contribution in [0.2, 0.25) is 0 Å². The summed E-state index contributed by atoms with van der Waals surface area (Å²) >= 11 is 0. The second-order valence-electron chi connectivity index (χ2n) is 9.29. The second kappa shape index (κ2) is 8.39. The van der Waals surface area contributed by atoms with Gasteiger partial charge in [-0.25, -0.2) is 0 Å². The maximum atomic E-state index is 2.36. The van der Waals surface area contributed by atoms with Crippen LogP contribution >= 0.6 is 0 Å². The monoisotopic (exact) mass is 440 g/mol. The fraction of sp³-hybridized carbons (Fsp3) is 0.125. The number of hydrogen-bond donors (Lipinski definition) is 0. The van der Waals surface area contributed by atoms with Crippen molar-refractivity contribution in [2.75, 3.05) is 0 Å². The van der Waals surface area contributed by atoms with E-state index in [1.807, 2.05) is 0 Å². The van der Waals surface area contributed by atoms with Crippen molar-refractivity contribution in [1.82, 2.24) is 9.13 Å². The summed E-state index contributed by atoms with van der Waals surface area (Å²) in [5.41, 5.74) is 10.4. The molecule has 2 aromatic heterocycles. The number of hydrogen-bond acceptors (Lipinski definition) is 0. The van der Waals surface area contributed by atoms with E-state index in [0.717, 1.165) is 13.1 Å². The first-order valence-electron chi connectivity index (χ1n) is 11.9. The number of nitrogens with zero attached hydrogens (tertiary/aromatic N) is 2. The molecule has 0 spiro atoms. The van der Waals surface area contributed by atoms with Gasteiger partial charge in [-0.2, -0.15) is 0 Å². The Morgan fingerprint density at radius 2 is 0.941 bits per heavy atom. The third kappa shape index (κ3) is 3.72. The molecule has 0 unspecified atom stereocenters. The number of rotatable bonds is 5. The van der Waals surface area contributed by atoms with E-state index in [9.17, 15) is 0 Å². The van der Waals surface area contributed by atoms with Crippen molar-refractivity contribution in [1.29, 1.82) is 0 Å². The molecule has 166 valence electrons. The molecule has 0 fully saturated rings. The van der Waals surface area contributed by atoms with Gasteiger partial charge in [0.05, 0.1) is 0 Å². The number of fused-ring (bicyclic) bond motifs is 2. The van der Waals surface area contributed by atoms with Crippen LogP contribution in [-0.2, 0) is 13.1 Å². The van der Waals surface area contributed by atoms with Gasteiger partial charge in [-0.05, 0) is 82.3 Å². The standard InChI is InChI=1S/C32H28N2/c1-23-7-3-5-9-29(23)21-33-17-15-25-11-13-27(19-31(25)33)28-14-12-26-16-18-34(32(26)20-28)22-30-10-6-4-8-24(30)2/h3-20H,21-22H2,1-2H3. The van der Waals surface area contributed by atoms with Crippen LogP contribution in [0.4, 0.5) is 0 Å². The van der Waals surface area contributed by atoms with Gasteiger partial charge in [0, 0.05) is 36.5 Å². The summed E-state index contributed by atoms with van der Waals surface area (Å²) in [5, 5.41) is 2.56. The van der Waals surface area contributed by atoms with Gasteiger partial charge in [0.25, 0.3) is 0 Å². The van der Waals surface area contributed by atoms with Crippen molar-refractivity contribution < 1.29 is 0 Å². The minimum atomic E-state index is 0.887. The Morgan fingerprint density at radius 3 is 1.38 bits per heavy atom. The summed E-state index contributed by atoms with van der Waals surface area (Å²) in [4.78, 5) is 0. The van der Waals surface area contributed by atoms with Gasteiger partial charge < -0.3 is 9.13 Å². The lowest BCUT2D eigenvalue weighted by atomic mass is 10.0. The van der Waals surface area contributed by atoms with E-state index in [2.05, 4.69) is 132 Å². The molecule has 0 N–H and O–H groups in total. The van der Waals surface area contributed by atoms with Crippen LogP contribution in [0.15, 0.2) is 109 Å². The van der Waals surface area contributed by atoms with Gasteiger partial charge in [-0.15, -0.1) is 0 Å². The summed E-state index contributed by atoms with van der Waals surface area (Å²) in [6.45, 7) is 6.15. The van der Waals surface area contributed by atoms with Gasteiger partial charge in [-0.1, -0.05) is 72.8 Å². The molecule has 0 amide bonds. The van der Waals surface area contributed by atoms with Crippen molar-refractivity contribution >= 4 is 21.8 Å². The van der Waals surface area contributed by atoms with E-state index < -0.39 is 0 Å². The number of benzene rings is 4. The highest BCUT2D eigenvalue weighted by Crippen LogP contribution is 2.29. The molecule has 0 atom stereocenters. The summed E-state index contributed by atoms with van der Waals surface area (Å²) in [6.07, 6.45) is 4.41. The minimum Gasteiger partial charge on any atom is -0.343 e. The summed E-state index contributed by atoms with van der Waals surface area (Å²) in [5.74, 6) is 0. The molecule has 0 radical (unpaired) electrons. The van der Waals surface area contributed by atoms with E-state index in [4.69, 9.17) is 0 Å². The molecule has 0 aliphatic carbocycles. The zero-order chi connectivity index (χ0) is 23.1. The van der Waals surface area contributed by atoms with E-state index >= 15 is 0 Å². The van der Waals surface area contributed by atoms with Crippen molar-refractivity contribution in [3.8, 4) is 11.1 Å².